The third kappa shape index (κ3) is 7.68. The molecule has 0 saturated carbocycles. The van der Waals surface area contributed by atoms with Gasteiger partial charge in [0.25, 0.3) is 0 Å². The predicted octanol–water partition coefficient (Wildman–Crippen LogP) is 8.04. The molecule has 0 aliphatic heterocycles. The van der Waals surface area contributed by atoms with Crippen LogP contribution in [0.1, 0.15) is 27.8 Å². The van der Waals surface area contributed by atoms with Crippen LogP contribution in [0, 0.1) is 25.6 Å². The van der Waals surface area contributed by atoms with Crippen molar-refractivity contribution >= 4 is 18.2 Å². The average molecular weight is 541 g/mol. The van der Waals surface area contributed by atoms with Gasteiger partial charge in [0.2, 0.25) is 0 Å². The van der Waals surface area contributed by atoms with Gasteiger partial charge in [-0.3, -0.25) is 0 Å². The van der Waals surface area contributed by atoms with Gasteiger partial charge in [0.05, 0.1) is 6.61 Å². The van der Waals surface area contributed by atoms with Gasteiger partial charge in [0.1, 0.15) is 18.2 Å². The molecule has 0 saturated heterocycles. The summed E-state index contributed by atoms with van der Waals surface area (Å²) in [5.74, 6) is -1.10. The summed E-state index contributed by atoms with van der Waals surface area (Å²) < 4.78 is 63.9. The van der Waals surface area contributed by atoms with Gasteiger partial charge in [0.15, 0.2) is 6.10 Å². The molecular weight excluding hydrogens is 508 g/mol. The Labute approximate surface area is 226 Å². The molecule has 3 rings (SSSR count). The van der Waals surface area contributed by atoms with Crippen molar-refractivity contribution in [1.29, 1.82) is 0 Å². The molecule has 0 radical (unpaired) electrons. The maximum absolute atomic E-state index is 14.5. The molecule has 0 amide bonds. The Kier molecular flexibility index (Phi) is 10.3. The minimum absolute atomic E-state index is 0.358. The Morgan fingerprint density at radius 3 is 2.03 bits per heavy atom. The summed E-state index contributed by atoms with van der Waals surface area (Å²) in [4.78, 5) is 0. The van der Waals surface area contributed by atoms with Crippen LogP contribution < -0.4 is 4.74 Å². The molecule has 3 aromatic rings. The molecule has 0 bridgehead atoms. The van der Waals surface area contributed by atoms with E-state index in [9.17, 15) is 22.7 Å². The first-order chi connectivity index (χ1) is 18.6. The van der Waals surface area contributed by atoms with Gasteiger partial charge in [0, 0.05) is 18.6 Å². The van der Waals surface area contributed by atoms with Crippen molar-refractivity contribution in [2.45, 2.75) is 26.1 Å². The van der Waals surface area contributed by atoms with Crippen LogP contribution in [0.4, 0.5) is 17.6 Å². The predicted molar refractivity (Wildman–Crippen MR) is 149 cm³/mol. The van der Waals surface area contributed by atoms with Crippen LogP contribution in [0.15, 0.2) is 73.3 Å². The van der Waals surface area contributed by atoms with Gasteiger partial charge >= 0.3 is 6.18 Å². The quantitative estimate of drug-likeness (QED) is 0.116. The van der Waals surface area contributed by atoms with Crippen molar-refractivity contribution in [2.24, 2.45) is 5.92 Å². The fourth-order valence-electron chi connectivity index (χ4n) is 4.16. The molecule has 1 N–H and O–H groups in total. The van der Waals surface area contributed by atoms with Gasteiger partial charge in [-0.1, -0.05) is 66.8 Å². The zero-order valence-corrected chi connectivity index (χ0v) is 22.1. The highest BCUT2D eigenvalue weighted by Gasteiger charge is 2.41. The number of hydrogen-bond donors (Lipinski definition) is 1. The first-order valence-electron chi connectivity index (χ1n) is 12.4. The molecule has 0 aliphatic rings. The normalized spacial score (nSPS) is 13.6. The van der Waals surface area contributed by atoms with E-state index >= 15 is 0 Å². The first kappa shape index (κ1) is 29.9. The maximum atomic E-state index is 14.5. The van der Waals surface area contributed by atoms with Crippen LogP contribution in [0.5, 0.6) is 5.75 Å². The molecule has 0 fully saturated rings. The van der Waals surface area contributed by atoms with Crippen LogP contribution in [0.3, 0.4) is 0 Å². The second kappa shape index (κ2) is 13.4. The molecule has 7 heteroatoms. The van der Waals surface area contributed by atoms with E-state index in [0.717, 1.165) is 39.5 Å². The number of ether oxygens (including phenoxy) is 2. The van der Waals surface area contributed by atoms with E-state index < -0.39 is 18.2 Å². The van der Waals surface area contributed by atoms with E-state index in [0.29, 0.717) is 24.5 Å². The summed E-state index contributed by atoms with van der Waals surface area (Å²) in [5, 5.41) is 9.62. The molecular formula is C32H32F4O3. The topological polar surface area (TPSA) is 38.7 Å². The molecule has 3 nitrogen and oxygen atoms in total. The highest BCUT2D eigenvalue weighted by molar-refractivity contribution is 5.80. The molecule has 206 valence electrons. The molecule has 2 unspecified atom stereocenters. The number of benzene rings is 3. The van der Waals surface area contributed by atoms with Gasteiger partial charge in [-0.2, -0.15) is 13.2 Å². The fraction of sp³-hybridized carbons (Fsp3) is 0.250. The minimum atomic E-state index is -4.74. The third-order valence-corrected chi connectivity index (χ3v) is 6.48. The van der Waals surface area contributed by atoms with Gasteiger partial charge < -0.3 is 14.6 Å². The summed E-state index contributed by atoms with van der Waals surface area (Å²) >= 11 is 0. The number of methoxy groups -OCH3 is 1. The van der Waals surface area contributed by atoms with Gasteiger partial charge in [-0.05, 0) is 65.4 Å². The Morgan fingerprint density at radius 2 is 1.46 bits per heavy atom. The zero-order chi connectivity index (χ0) is 28.6. The van der Waals surface area contributed by atoms with Crippen LogP contribution in [0.25, 0.3) is 29.4 Å². The molecule has 3 aromatic carbocycles. The van der Waals surface area contributed by atoms with E-state index in [1.54, 1.807) is 37.5 Å². The number of aliphatic hydroxyl groups is 1. The van der Waals surface area contributed by atoms with Crippen molar-refractivity contribution in [3.8, 4) is 16.9 Å². The lowest BCUT2D eigenvalue weighted by atomic mass is 9.90. The smallest absolute Gasteiger partial charge is 0.415 e. The van der Waals surface area contributed by atoms with E-state index in [-0.39, 0.29) is 5.82 Å². The summed E-state index contributed by atoms with van der Waals surface area (Å²) in [6.07, 6.45) is 0.225. The Morgan fingerprint density at radius 1 is 0.872 bits per heavy atom. The highest BCUT2D eigenvalue weighted by Crippen LogP contribution is 2.33. The molecule has 0 heterocycles. The van der Waals surface area contributed by atoms with Crippen LogP contribution >= 0.6 is 0 Å². The second-order valence-corrected chi connectivity index (χ2v) is 9.06. The molecule has 0 aliphatic carbocycles. The highest BCUT2D eigenvalue weighted by atomic mass is 19.4. The Bertz CT molecular complexity index is 1340. The monoisotopic (exact) mass is 540 g/mol. The maximum Gasteiger partial charge on any atom is 0.415 e. The molecule has 2 atom stereocenters. The van der Waals surface area contributed by atoms with E-state index in [1.165, 1.54) is 12.1 Å². The number of halogens is 4. The number of rotatable bonds is 11. The zero-order valence-electron chi connectivity index (χ0n) is 22.1. The van der Waals surface area contributed by atoms with Gasteiger partial charge in [-0.15, -0.1) is 6.58 Å². The van der Waals surface area contributed by atoms with Gasteiger partial charge in [-0.25, -0.2) is 4.39 Å². The largest absolute Gasteiger partial charge is 0.491 e. The van der Waals surface area contributed by atoms with Crippen molar-refractivity contribution < 1.29 is 32.1 Å². The van der Waals surface area contributed by atoms with Crippen molar-refractivity contribution in [2.75, 3.05) is 20.3 Å². The standard InChI is InChI=1S/C32H32F4O3/c1-5-23(31(37)32(34,35)36)12-13-24-8-6-10-28(21(24)2)29-11-7-9-25(22(29)3)14-15-26-20-27(16-17-30(26)33)39-19-18-38-4/h5-17,20,23,31,37H,1,18-19H2,2-4H3/b13-12+,15-14+. The van der Waals surface area contributed by atoms with Crippen molar-refractivity contribution in [1.82, 2.24) is 0 Å². The number of alkyl halides is 3. The van der Waals surface area contributed by atoms with Crippen molar-refractivity contribution in [3.63, 3.8) is 0 Å². The lowest BCUT2D eigenvalue weighted by Gasteiger charge is -2.19. The average Bonchev–Trinajstić information content (AvgIpc) is 2.90. The van der Waals surface area contributed by atoms with E-state index in [4.69, 9.17) is 9.47 Å². The Balaban J connectivity index is 1.90. The SMILES string of the molecule is C=CC(/C=C/c1cccc(-c2cccc(/C=C/c3cc(OCCOC)ccc3F)c2C)c1C)C(O)C(F)(F)F. The third-order valence-electron chi connectivity index (χ3n) is 6.48. The minimum Gasteiger partial charge on any atom is -0.491 e. The molecule has 0 aromatic heterocycles. The second-order valence-electron chi connectivity index (χ2n) is 9.06. The van der Waals surface area contributed by atoms with Crippen LogP contribution in [-0.2, 0) is 4.74 Å². The summed E-state index contributed by atoms with van der Waals surface area (Å²) in [5.41, 5.74) is 5.68. The Hall–Kier alpha value is -3.68. The lowest BCUT2D eigenvalue weighted by Crippen LogP contribution is -2.34. The first-order valence-corrected chi connectivity index (χ1v) is 12.4. The van der Waals surface area contributed by atoms with E-state index in [2.05, 4.69) is 6.58 Å². The summed E-state index contributed by atoms with van der Waals surface area (Å²) in [6.45, 7) is 8.07. The fourth-order valence-corrected chi connectivity index (χ4v) is 4.16. The number of hydrogen-bond acceptors (Lipinski definition) is 3. The van der Waals surface area contributed by atoms with Crippen LogP contribution in [0.2, 0.25) is 0 Å². The van der Waals surface area contributed by atoms with Crippen molar-refractivity contribution in [3.05, 3.63) is 107 Å². The van der Waals surface area contributed by atoms with E-state index in [1.807, 2.05) is 50.3 Å². The summed E-state index contributed by atoms with van der Waals surface area (Å²) in [7, 11) is 1.58. The summed E-state index contributed by atoms with van der Waals surface area (Å²) in [6, 6.07) is 15.9. The molecule has 39 heavy (non-hydrogen) atoms. The lowest BCUT2D eigenvalue weighted by molar-refractivity contribution is -0.210. The number of aliphatic hydroxyl groups excluding tert-OH is 1. The molecule has 0 spiro atoms. The van der Waals surface area contributed by atoms with Crippen LogP contribution in [-0.4, -0.2) is 37.7 Å².